The fraction of sp³-hybridized carbons (Fsp3) is 0. The summed E-state index contributed by atoms with van der Waals surface area (Å²) in [5.74, 6) is 1.93. The van der Waals surface area contributed by atoms with Crippen molar-refractivity contribution in [1.82, 2.24) is 19.5 Å². The normalized spacial score (nSPS) is 11.3. The third-order valence-corrected chi connectivity index (χ3v) is 10.3. The van der Waals surface area contributed by atoms with Gasteiger partial charge in [0.15, 0.2) is 17.5 Å². The molecule has 2 aromatic heterocycles. The number of rotatable bonds is 7. The second kappa shape index (κ2) is 13.8. The predicted octanol–water partition coefficient (Wildman–Crippen LogP) is 13.0. The average molecular weight is 703 g/mol. The van der Waals surface area contributed by atoms with E-state index in [9.17, 15) is 0 Å². The minimum Gasteiger partial charge on any atom is -0.309 e. The fourth-order valence-corrected chi connectivity index (χ4v) is 7.47. The van der Waals surface area contributed by atoms with Gasteiger partial charge in [-0.1, -0.05) is 182 Å². The Bertz CT molecular complexity index is 2920. The molecule has 8 aromatic carbocycles. The second-order valence-corrected chi connectivity index (χ2v) is 13.7. The molecule has 10 aromatic rings. The first-order chi connectivity index (χ1) is 27.2. The molecule has 0 aliphatic carbocycles. The lowest BCUT2D eigenvalue weighted by molar-refractivity contribution is 1.07. The number of benzene rings is 8. The molecule has 2 heterocycles. The molecule has 258 valence electrons. The molecular formula is C51H34N4. The van der Waals surface area contributed by atoms with Crippen molar-refractivity contribution in [2.75, 3.05) is 0 Å². The maximum Gasteiger partial charge on any atom is 0.164 e. The molecule has 0 fully saturated rings. The Kier molecular flexibility index (Phi) is 8.12. The number of nitrogens with zero attached hydrogens (tertiary/aromatic N) is 4. The molecule has 0 N–H and O–H groups in total. The van der Waals surface area contributed by atoms with Crippen LogP contribution in [0.25, 0.3) is 95.0 Å². The van der Waals surface area contributed by atoms with Gasteiger partial charge in [-0.2, -0.15) is 0 Å². The molecule has 10 rings (SSSR count). The van der Waals surface area contributed by atoms with E-state index in [1.54, 1.807) is 0 Å². The van der Waals surface area contributed by atoms with Crippen molar-refractivity contribution in [2.24, 2.45) is 0 Å². The first-order valence-electron chi connectivity index (χ1n) is 18.5. The monoisotopic (exact) mass is 702 g/mol. The summed E-state index contributed by atoms with van der Waals surface area (Å²) in [6.45, 7) is 0. The first kappa shape index (κ1) is 32.2. The van der Waals surface area contributed by atoms with E-state index in [-0.39, 0.29) is 0 Å². The molecule has 0 unspecified atom stereocenters. The van der Waals surface area contributed by atoms with Crippen LogP contribution < -0.4 is 0 Å². The topological polar surface area (TPSA) is 43.6 Å². The van der Waals surface area contributed by atoms with Gasteiger partial charge in [-0.15, -0.1) is 0 Å². The van der Waals surface area contributed by atoms with Crippen LogP contribution in [0.1, 0.15) is 0 Å². The van der Waals surface area contributed by atoms with Gasteiger partial charge in [-0.25, -0.2) is 15.0 Å². The zero-order valence-corrected chi connectivity index (χ0v) is 29.9. The standard InChI is InChI=1S/C51H34N4/c1-4-12-35(13-5-1)37-20-24-41(25-21-37)50-52-49(40-16-8-3-9-17-40)53-51(54-50)42-26-22-38(23-27-42)39-28-31-44(32-29-39)55-47-19-11-10-18-45(47)46-33-30-43(34-48(46)55)36-14-6-2-7-15-36/h1-34H. The van der Waals surface area contributed by atoms with Crippen molar-refractivity contribution in [1.29, 1.82) is 0 Å². The van der Waals surface area contributed by atoms with Crippen LogP contribution in [0.15, 0.2) is 206 Å². The summed E-state index contributed by atoms with van der Waals surface area (Å²) in [5.41, 5.74) is 13.3. The summed E-state index contributed by atoms with van der Waals surface area (Å²) in [6, 6.07) is 72.3. The number of fused-ring (bicyclic) bond motifs is 3. The van der Waals surface area contributed by atoms with E-state index in [4.69, 9.17) is 15.0 Å². The summed E-state index contributed by atoms with van der Waals surface area (Å²) < 4.78 is 2.38. The Morgan fingerprint density at radius 2 is 0.600 bits per heavy atom. The lowest BCUT2D eigenvalue weighted by Crippen LogP contribution is -2.00. The third kappa shape index (κ3) is 6.16. The van der Waals surface area contributed by atoms with Gasteiger partial charge < -0.3 is 4.57 Å². The summed E-state index contributed by atoms with van der Waals surface area (Å²) in [7, 11) is 0. The van der Waals surface area contributed by atoms with Crippen LogP contribution in [0.5, 0.6) is 0 Å². The zero-order chi connectivity index (χ0) is 36.6. The molecule has 0 amide bonds. The molecule has 0 aliphatic heterocycles. The van der Waals surface area contributed by atoms with E-state index in [1.165, 1.54) is 38.5 Å². The molecule has 4 nitrogen and oxygen atoms in total. The fourth-order valence-electron chi connectivity index (χ4n) is 7.47. The van der Waals surface area contributed by atoms with Gasteiger partial charge in [-0.3, -0.25) is 0 Å². The Morgan fingerprint density at radius 1 is 0.255 bits per heavy atom. The summed E-state index contributed by atoms with van der Waals surface area (Å²) in [4.78, 5) is 14.9. The molecule has 0 atom stereocenters. The van der Waals surface area contributed by atoms with E-state index in [0.717, 1.165) is 39.1 Å². The van der Waals surface area contributed by atoms with Crippen LogP contribution >= 0.6 is 0 Å². The maximum absolute atomic E-state index is 4.99. The summed E-state index contributed by atoms with van der Waals surface area (Å²) in [6.07, 6.45) is 0. The smallest absolute Gasteiger partial charge is 0.164 e. The van der Waals surface area contributed by atoms with Crippen LogP contribution in [0.3, 0.4) is 0 Å². The molecule has 0 aliphatic rings. The minimum absolute atomic E-state index is 0.638. The van der Waals surface area contributed by atoms with Gasteiger partial charge >= 0.3 is 0 Å². The van der Waals surface area contributed by atoms with E-state index in [1.807, 2.05) is 36.4 Å². The van der Waals surface area contributed by atoms with Gasteiger partial charge in [0.25, 0.3) is 0 Å². The Balaban J connectivity index is 0.984. The number of para-hydroxylation sites is 1. The van der Waals surface area contributed by atoms with Crippen LogP contribution in [-0.4, -0.2) is 19.5 Å². The number of aromatic nitrogens is 4. The second-order valence-electron chi connectivity index (χ2n) is 13.7. The SMILES string of the molecule is c1ccc(-c2ccc(-c3nc(-c4ccccc4)nc(-c4ccc(-c5ccc(-n6c7ccccc7c7ccc(-c8ccccc8)cc76)cc5)cc4)n3)cc2)cc1. The molecule has 0 spiro atoms. The van der Waals surface area contributed by atoms with E-state index < -0.39 is 0 Å². The Hall–Kier alpha value is -7.43. The molecular weight excluding hydrogens is 669 g/mol. The molecule has 0 saturated heterocycles. The largest absolute Gasteiger partial charge is 0.309 e. The first-order valence-corrected chi connectivity index (χ1v) is 18.5. The zero-order valence-electron chi connectivity index (χ0n) is 29.9. The highest BCUT2D eigenvalue weighted by molar-refractivity contribution is 6.10. The van der Waals surface area contributed by atoms with Crippen molar-refractivity contribution in [2.45, 2.75) is 0 Å². The molecule has 55 heavy (non-hydrogen) atoms. The maximum atomic E-state index is 4.99. The molecule has 0 radical (unpaired) electrons. The average Bonchev–Trinajstić information content (AvgIpc) is 3.61. The predicted molar refractivity (Wildman–Crippen MR) is 227 cm³/mol. The highest BCUT2D eigenvalue weighted by atomic mass is 15.0. The molecule has 0 saturated carbocycles. The summed E-state index contributed by atoms with van der Waals surface area (Å²) in [5, 5.41) is 2.49. The quantitative estimate of drug-likeness (QED) is 0.166. The highest BCUT2D eigenvalue weighted by Crippen LogP contribution is 2.36. The van der Waals surface area contributed by atoms with Gasteiger partial charge in [0, 0.05) is 33.2 Å². The lowest BCUT2D eigenvalue weighted by atomic mass is 10.0. The van der Waals surface area contributed by atoms with Crippen molar-refractivity contribution >= 4 is 21.8 Å². The number of hydrogen-bond acceptors (Lipinski definition) is 3. The lowest BCUT2D eigenvalue weighted by Gasteiger charge is -2.11. The van der Waals surface area contributed by atoms with Gasteiger partial charge in [-0.05, 0) is 57.6 Å². The van der Waals surface area contributed by atoms with Crippen LogP contribution in [-0.2, 0) is 0 Å². The van der Waals surface area contributed by atoms with Gasteiger partial charge in [0.05, 0.1) is 11.0 Å². The van der Waals surface area contributed by atoms with E-state index in [2.05, 4.69) is 174 Å². The van der Waals surface area contributed by atoms with Crippen LogP contribution in [0.2, 0.25) is 0 Å². The van der Waals surface area contributed by atoms with Crippen molar-refractivity contribution < 1.29 is 0 Å². The highest BCUT2D eigenvalue weighted by Gasteiger charge is 2.15. The van der Waals surface area contributed by atoms with Crippen LogP contribution in [0.4, 0.5) is 0 Å². The van der Waals surface area contributed by atoms with Crippen LogP contribution in [0, 0.1) is 0 Å². The number of hydrogen-bond donors (Lipinski definition) is 0. The Labute approximate surface area is 319 Å². The molecule has 0 bridgehead atoms. The molecule has 4 heteroatoms. The van der Waals surface area contributed by atoms with Gasteiger partial charge in [0.1, 0.15) is 0 Å². The van der Waals surface area contributed by atoms with Crippen molar-refractivity contribution in [3.8, 4) is 73.2 Å². The van der Waals surface area contributed by atoms with E-state index in [0.29, 0.717) is 17.5 Å². The third-order valence-electron chi connectivity index (χ3n) is 10.3. The van der Waals surface area contributed by atoms with Crippen molar-refractivity contribution in [3.05, 3.63) is 206 Å². The minimum atomic E-state index is 0.638. The van der Waals surface area contributed by atoms with Gasteiger partial charge in [0.2, 0.25) is 0 Å². The van der Waals surface area contributed by atoms with Crippen molar-refractivity contribution in [3.63, 3.8) is 0 Å². The Morgan fingerprint density at radius 3 is 1.13 bits per heavy atom. The van der Waals surface area contributed by atoms with E-state index >= 15 is 0 Å². The summed E-state index contributed by atoms with van der Waals surface area (Å²) >= 11 is 0.